The van der Waals surface area contributed by atoms with Crippen LogP contribution in [0.2, 0.25) is 0 Å². The number of hydrogen-bond acceptors (Lipinski definition) is 6. The highest BCUT2D eigenvalue weighted by atomic mass is 16.5. The van der Waals surface area contributed by atoms with Crippen molar-refractivity contribution in [3.63, 3.8) is 0 Å². The van der Waals surface area contributed by atoms with E-state index in [1.165, 1.54) is 9.36 Å². The van der Waals surface area contributed by atoms with Crippen molar-refractivity contribution in [2.24, 2.45) is 7.05 Å². The lowest BCUT2D eigenvalue weighted by atomic mass is 10.1. The van der Waals surface area contributed by atoms with Crippen molar-refractivity contribution in [1.82, 2.24) is 30.0 Å². The fourth-order valence-electron chi connectivity index (χ4n) is 2.99. The Labute approximate surface area is 167 Å². The van der Waals surface area contributed by atoms with Gasteiger partial charge in [0, 0.05) is 18.2 Å². The Morgan fingerprint density at radius 2 is 1.79 bits per heavy atom. The van der Waals surface area contributed by atoms with Crippen LogP contribution in [-0.4, -0.2) is 30.0 Å². The molecule has 0 spiro atoms. The summed E-state index contributed by atoms with van der Waals surface area (Å²) in [6.07, 6.45) is 0. The number of rotatable bonds is 5. The van der Waals surface area contributed by atoms with Crippen LogP contribution in [0.25, 0.3) is 16.9 Å². The van der Waals surface area contributed by atoms with Gasteiger partial charge in [0.15, 0.2) is 0 Å². The van der Waals surface area contributed by atoms with E-state index in [9.17, 15) is 4.79 Å². The van der Waals surface area contributed by atoms with Crippen LogP contribution in [0.1, 0.15) is 16.8 Å². The van der Waals surface area contributed by atoms with E-state index >= 15 is 0 Å². The third kappa shape index (κ3) is 3.77. The monoisotopic (exact) mass is 388 g/mol. The summed E-state index contributed by atoms with van der Waals surface area (Å²) in [4.78, 5) is 12.3. The first-order valence-corrected chi connectivity index (χ1v) is 9.14. The van der Waals surface area contributed by atoms with Gasteiger partial charge >= 0.3 is 5.69 Å². The van der Waals surface area contributed by atoms with Crippen molar-refractivity contribution in [2.45, 2.75) is 20.5 Å². The highest BCUT2D eigenvalue weighted by molar-refractivity contribution is 5.60. The third-order valence-corrected chi connectivity index (χ3v) is 4.65. The minimum atomic E-state index is -0.309. The van der Waals surface area contributed by atoms with Crippen LogP contribution in [0.5, 0.6) is 5.75 Å². The minimum absolute atomic E-state index is 0.286. The Balaban J connectivity index is 1.62. The first kappa shape index (κ1) is 18.5. The highest BCUT2D eigenvalue weighted by Crippen LogP contribution is 2.24. The zero-order chi connectivity index (χ0) is 20.4. The average molecular weight is 388 g/mol. The number of tetrazole rings is 1. The summed E-state index contributed by atoms with van der Waals surface area (Å²) in [5.74, 6) is 0.700. The minimum Gasteiger partial charge on any atom is -0.489 e. The molecule has 8 nitrogen and oxygen atoms in total. The Morgan fingerprint density at radius 3 is 2.52 bits per heavy atom. The van der Waals surface area contributed by atoms with E-state index in [1.54, 1.807) is 7.05 Å². The SMILES string of the molecule is Cc1ccc(-c2cccc(OCc3c(C)cccc3-n3nnn(C)c3=O)c2)nn1. The average Bonchev–Trinajstić information content (AvgIpc) is 3.06. The maximum Gasteiger partial charge on any atom is 0.368 e. The van der Waals surface area contributed by atoms with Gasteiger partial charge in [0.25, 0.3) is 0 Å². The van der Waals surface area contributed by atoms with Gasteiger partial charge in [-0.25, -0.2) is 4.79 Å². The fraction of sp³-hybridized carbons (Fsp3) is 0.190. The van der Waals surface area contributed by atoms with Crippen molar-refractivity contribution in [3.05, 3.63) is 81.9 Å². The number of aromatic nitrogens is 6. The molecule has 2 aromatic carbocycles. The molecule has 146 valence electrons. The molecule has 2 aromatic heterocycles. The lowest BCUT2D eigenvalue weighted by Gasteiger charge is -2.13. The van der Waals surface area contributed by atoms with Crippen LogP contribution in [0.15, 0.2) is 59.4 Å². The molecule has 2 heterocycles. The maximum atomic E-state index is 12.3. The van der Waals surface area contributed by atoms with Gasteiger partial charge in [-0.2, -0.15) is 19.6 Å². The zero-order valence-electron chi connectivity index (χ0n) is 16.4. The van der Waals surface area contributed by atoms with Crippen molar-refractivity contribution in [2.75, 3.05) is 0 Å². The molecule has 0 amide bonds. The van der Waals surface area contributed by atoms with E-state index in [0.29, 0.717) is 11.4 Å². The molecule has 0 N–H and O–H groups in total. The van der Waals surface area contributed by atoms with Gasteiger partial charge < -0.3 is 4.74 Å². The lowest BCUT2D eigenvalue weighted by Crippen LogP contribution is -2.23. The Bertz CT molecular complexity index is 1210. The van der Waals surface area contributed by atoms with E-state index < -0.39 is 0 Å². The normalized spacial score (nSPS) is 10.9. The zero-order valence-corrected chi connectivity index (χ0v) is 16.4. The predicted molar refractivity (Wildman–Crippen MR) is 108 cm³/mol. The summed E-state index contributed by atoms with van der Waals surface area (Å²) in [6, 6.07) is 17.2. The highest BCUT2D eigenvalue weighted by Gasteiger charge is 2.13. The second-order valence-corrected chi connectivity index (χ2v) is 6.75. The summed E-state index contributed by atoms with van der Waals surface area (Å²) in [5.41, 5.74) is 4.79. The largest absolute Gasteiger partial charge is 0.489 e. The van der Waals surface area contributed by atoms with Crippen LogP contribution in [-0.2, 0) is 13.7 Å². The van der Waals surface area contributed by atoms with E-state index in [-0.39, 0.29) is 12.3 Å². The van der Waals surface area contributed by atoms with Crippen molar-refractivity contribution in [1.29, 1.82) is 0 Å². The van der Waals surface area contributed by atoms with E-state index in [4.69, 9.17) is 4.74 Å². The van der Waals surface area contributed by atoms with Crippen LogP contribution in [0.3, 0.4) is 0 Å². The van der Waals surface area contributed by atoms with Crippen molar-refractivity contribution in [3.8, 4) is 22.7 Å². The molecule has 29 heavy (non-hydrogen) atoms. The van der Waals surface area contributed by atoms with Crippen LogP contribution in [0, 0.1) is 13.8 Å². The second-order valence-electron chi connectivity index (χ2n) is 6.75. The van der Waals surface area contributed by atoms with Gasteiger partial charge in [0.05, 0.1) is 17.1 Å². The standard InChI is InChI=1S/C21H20N6O2/c1-14-6-4-9-20(27-21(28)26(3)24-25-27)18(14)13-29-17-8-5-7-16(12-17)19-11-10-15(2)22-23-19/h4-12H,13H2,1-3H3. The molecule has 0 atom stereocenters. The molecule has 4 aromatic rings. The smallest absolute Gasteiger partial charge is 0.368 e. The first-order chi connectivity index (χ1) is 14.0. The molecule has 0 saturated carbocycles. The Kier molecular flexibility index (Phi) is 4.90. The van der Waals surface area contributed by atoms with Gasteiger partial charge in [0.1, 0.15) is 12.4 Å². The third-order valence-electron chi connectivity index (χ3n) is 4.65. The van der Waals surface area contributed by atoms with Crippen LogP contribution in [0.4, 0.5) is 0 Å². The number of aryl methyl sites for hydroxylation is 3. The van der Waals surface area contributed by atoms with E-state index in [2.05, 4.69) is 20.6 Å². The summed E-state index contributed by atoms with van der Waals surface area (Å²) in [7, 11) is 1.57. The number of ether oxygens (including phenoxy) is 1. The maximum absolute atomic E-state index is 12.3. The molecule has 0 aliphatic carbocycles. The predicted octanol–water partition coefficient (Wildman–Crippen LogP) is 2.62. The summed E-state index contributed by atoms with van der Waals surface area (Å²) >= 11 is 0. The summed E-state index contributed by atoms with van der Waals surface area (Å²) in [5, 5.41) is 16.1. The molecule has 8 heteroatoms. The quantitative estimate of drug-likeness (QED) is 0.522. The molecule has 0 aliphatic rings. The van der Waals surface area contributed by atoms with Gasteiger partial charge in [-0.3, -0.25) is 0 Å². The molecular weight excluding hydrogens is 368 g/mol. The summed E-state index contributed by atoms with van der Waals surface area (Å²) in [6.45, 7) is 4.16. The van der Waals surface area contributed by atoms with Crippen LogP contribution < -0.4 is 10.4 Å². The van der Waals surface area contributed by atoms with Gasteiger partial charge in [0.2, 0.25) is 0 Å². The fourth-order valence-corrected chi connectivity index (χ4v) is 2.99. The second kappa shape index (κ2) is 7.67. The molecule has 4 rings (SSSR count). The number of benzene rings is 2. The topological polar surface area (TPSA) is 87.7 Å². The number of nitrogens with zero attached hydrogens (tertiary/aromatic N) is 6. The molecular formula is C21H20N6O2. The van der Waals surface area contributed by atoms with E-state index in [1.807, 2.05) is 68.4 Å². The molecule has 0 unspecified atom stereocenters. The Hall–Kier alpha value is -3.81. The van der Waals surface area contributed by atoms with Gasteiger partial charge in [-0.05, 0) is 60.2 Å². The molecule has 0 aliphatic heterocycles. The lowest BCUT2D eigenvalue weighted by molar-refractivity contribution is 0.305. The van der Waals surface area contributed by atoms with E-state index in [0.717, 1.165) is 28.1 Å². The first-order valence-electron chi connectivity index (χ1n) is 9.14. The van der Waals surface area contributed by atoms with Crippen molar-refractivity contribution < 1.29 is 4.74 Å². The summed E-state index contributed by atoms with van der Waals surface area (Å²) < 4.78 is 8.52. The van der Waals surface area contributed by atoms with Crippen LogP contribution >= 0.6 is 0 Å². The van der Waals surface area contributed by atoms with Gasteiger partial charge in [-0.15, -0.1) is 0 Å². The molecule has 0 bridgehead atoms. The van der Waals surface area contributed by atoms with Gasteiger partial charge in [-0.1, -0.05) is 24.3 Å². The Morgan fingerprint density at radius 1 is 0.966 bits per heavy atom. The van der Waals surface area contributed by atoms with Crippen molar-refractivity contribution >= 4 is 0 Å². The molecule has 0 radical (unpaired) electrons. The molecule has 0 fully saturated rings. The number of hydrogen-bond donors (Lipinski definition) is 0. The molecule has 0 saturated heterocycles.